The summed E-state index contributed by atoms with van der Waals surface area (Å²) >= 11 is 6.38. The molecule has 2 aromatic carbocycles. The molecule has 3 aromatic heterocycles. The SMILES string of the molecule is O=C(O)c1ccc(-c2cnn(C(C[C@@H]3C[C@H]3C(=O)N3CCOCC3)c3ccc(-c4cc(Cl)ccc4-[n+]4cnn[nH]4)cn3)c2)cc1. The Balaban J connectivity index is 1.18. The van der Waals surface area contributed by atoms with Crippen molar-refractivity contribution in [2.75, 3.05) is 26.3 Å². The summed E-state index contributed by atoms with van der Waals surface area (Å²) in [6.07, 6.45) is 8.66. The molecule has 228 valence electrons. The molecule has 0 bridgehead atoms. The molecule has 12 nitrogen and oxygen atoms in total. The number of ether oxygens (including phenoxy) is 1. The second kappa shape index (κ2) is 12.2. The van der Waals surface area contributed by atoms with Crippen LogP contribution in [0.2, 0.25) is 5.02 Å². The summed E-state index contributed by atoms with van der Waals surface area (Å²) in [5.41, 5.74) is 5.31. The summed E-state index contributed by atoms with van der Waals surface area (Å²) in [4.78, 5) is 31.4. The number of aromatic nitrogens is 7. The summed E-state index contributed by atoms with van der Waals surface area (Å²) in [5, 5.41) is 25.1. The van der Waals surface area contributed by atoms with Crippen molar-refractivity contribution in [3.8, 4) is 27.9 Å². The van der Waals surface area contributed by atoms with E-state index in [4.69, 9.17) is 26.4 Å². The quantitative estimate of drug-likeness (QED) is 0.235. The minimum Gasteiger partial charge on any atom is -0.478 e. The van der Waals surface area contributed by atoms with Crippen LogP contribution in [0.3, 0.4) is 0 Å². The van der Waals surface area contributed by atoms with Crippen molar-refractivity contribution in [1.29, 1.82) is 0 Å². The van der Waals surface area contributed by atoms with Crippen molar-refractivity contribution < 1.29 is 24.1 Å². The number of tetrazole rings is 1. The van der Waals surface area contributed by atoms with Gasteiger partial charge in [-0.05, 0) is 60.7 Å². The Kier molecular flexibility index (Phi) is 7.82. The highest BCUT2D eigenvalue weighted by molar-refractivity contribution is 6.31. The van der Waals surface area contributed by atoms with E-state index in [1.165, 1.54) is 0 Å². The number of morpholine rings is 1. The highest BCUT2D eigenvalue weighted by Gasteiger charge is 2.46. The molecular formula is C32H30ClN8O4+. The van der Waals surface area contributed by atoms with Gasteiger partial charge in [0.2, 0.25) is 5.91 Å². The van der Waals surface area contributed by atoms with Gasteiger partial charge in [0.1, 0.15) is 10.8 Å². The second-order valence-corrected chi connectivity index (χ2v) is 11.8. The normalized spacial score (nSPS) is 18.5. The first-order valence-corrected chi connectivity index (χ1v) is 15.1. The number of carboxylic acid groups (broad SMARTS) is 1. The maximum Gasteiger partial charge on any atom is 0.335 e. The first-order chi connectivity index (χ1) is 21.9. The monoisotopic (exact) mass is 625 g/mol. The lowest BCUT2D eigenvalue weighted by Crippen LogP contribution is -2.41. The number of hydrogen-bond donors (Lipinski definition) is 2. The third kappa shape index (κ3) is 6.06. The minimum atomic E-state index is -0.970. The van der Waals surface area contributed by atoms with E-state index < -0.39 is 5.97 Å². The molecule has 7 rings (SSSR count). The van der Waals surface area contributed by atoms with Crippen molar-refractivity contribution in [2.45, 2.75) is 18.9 Å². The molecule has 2 N–H and O–H groups in total. The molecule has 13 heteroatoms. The van der Waals surface area contributed by atoms with Crippen LogP contribution in [0.1, 0.15) is 34.9 Å². The first kappa shape index (κ1) is 28.8. The Labute approximate surface area is 263 Å². The lowest BCUT2D eigenvalue weighted by Gasteiger charge is -2.27. The Bertz CT molecular complexity index is 1820. The molecule has 1 unspecified atom stereocenters. The fourth-order valence-corrected chi connectivity index (χ4v) is 6.12. The van der Waals surface area contributed by atoms with Gasteiger partial charge in [0, 0.05) is 53.1 Å². The van der Waals surface area contributed by atoms with Crippen LogP contribution in [0.4, 0.5) is 0 Å². The van der Waals surface area contributed by atoms with Crippen molar-refractivity contribution in [3.63, 3.8) is 0 Å². The Hall–Kier alpha value is -4.94. The highest BCUT2D eigenvalue weighted by atomic mass is 35.5. The fourth-order valence-electron chi connectivity index (χ4n) is 5.95. The number of H-pyrrole nitrogens is 1. The largest absolute Gasteiger partial charge is 0.478 e. The molecule has 0 radical (unpaired) electrons. The standard InChI is InChI=1S/C32H29ClN8O4/c33-25-6-8-29(41-19-35-37-38-41)26(15-25)22-5-7-28(34-16-22)30(14-23-13-27(23)31(42)39-9-11-45-12-10-39)40-18-24(17-36-40)20-1-3-21(4-2-20)32(43)44/h1-8,15-19,23,27,30H,9-14H2,(H,43,44)/p+1/t23-,27+,30?/m0/s1. The fraction of sp³-hybridized carbons (Fsp3) is 0.281. The van der Waals surface area contributed by atoms with Gasteiger partial charge in [-0.25, -0.2) is 4.79 Å². The molecule has 2 aliphatic rings. The molecule has 4 heterocycles. The van der Waals surface area contributed by atoms with Gasteiger partial charge in [-0.1, -0.05) is 35.0 Å². The molecule has 5 aromatic rings. The van der Waals surface area contributed by atoms with Crippen LogP contribution in [-0.2, 0) is 9.53 Å². The van der Waals surface area contributed by atoms with Crippen LogP contribution in [-0.4, -0.2) is 78.5 Å². The Morgan fingerprint density at radius 3 is 2.56 bits per heavy atom. The van der Waals surface area contributed by atoms with Crippen LogP contribution in [0.25, 0.3) is 27.9 Å². The zero-order valence-corrected chi connectivity index (χ0v) is 24.9. The molecular weight excluding hydrogens is 596 g/mol. The molecule has 45 heavy (non-hydrogen) atoms. The summed E-state index contributed by atoms with van der Waals surface area (Å²) in [5.74, 6) is -0.581. The number of carbonyl (C=O) groups is 2. The number of aromatic carboxylic acids is 1. The van der Waals surface area contributed by atoms with Gasteiger partial charge in [-0.2, -0.15) is 5.10 Å². The number of halogens is 1. The van der Waals surface area contributed by atoms with Crippen molar-refractivity contribution >= 4 is 23.5 Å². The first-order valence-electron chi connectivity index (χ1n) is 14.7. The van der Waals surface area contributed by atoms with Crippen LogP contribution in [0.5, 0.6) is 0 Å². The number of carboxylic acids is 1. The number of rotatable bonds is 9. The zero-order chi connectivity index (χ0) is 30.9. The Morgan fingerprint density at radius 2 is 1.84 bits per heavy atom. The van der Waals surface area contributed by atoms with E-state index in [0.717, 1.165) is 40.1 Å². The number of nitrogens with zero attached hydrogens (tertiary/aromatic N) is 7. The smallest absolute Gasteiger partial charge is 0.335 e. The van der Waals surface area contributed by atoms with Gasteiger partial charge < -0.3 is 14.7 Å². The number of carbonyl (C=O) groups excluding carboxylic acids is 1. The number of benzene rings is 2. The van der Waals surface area contributed by atoms with Gasteiger partial charge in [0.25, 0.3) is 6.33 Å². The highest BCUT2D eigenvalue weighted by Crippen LogP contribution is 2.46. The average Bonchev–Trinajstić information content (AvgIpc) is 3.40. The summed E-state index contributed by atoms with van der Waals surface area (Å²) in [7, 11) is 0. The van der Waals surface area contributed by atoms with E-state index in [9.17, 15) is 14.7 Å². The summed E-state index contributed by atoms with van der Waals surface area (Å²) < 4.78 is 9.03. The third-order valence-electron chi connectivity index (χ3n) is 8.51. The maximum atomic E-state index is 13.2. The lowest BCUT2D eigenvalue weighted by atomic mass is 10.0. The lowest BCUT2D eigenvalue weighted by molar-refractivity contribution is -0.659. The Morgan fingerprint density at radius 1 is 1.04 bits per heavy atom. The van der Waals surface area contributed by atoms with Gasteiger partial charge in [-0.15, -0.1) is 4.68 Å². The van der Waals surface area contributed by atoms with Crippen LogP contribution in [0.15, 0.2) is 79.5 Å². The van der Waals surface area contributed by atoms with Crippen LogP contribution < -0.4 is 4.68 Å². The minimum absolute atomic E-state index is 0.0162. The van der Waals surface area contributed by atoms with Crippen molar-refractivity contribution in [3.05, 3.63) is 95.8 Å². The van der Waals surface area contributed by atoms with E-state index in [1.54, 1.807) is 47.5 Å². The molecule has 1 aliphatic heterocycles. The number of pyridine rings is 1. The summed E-state index contributed by atoms with van der Waals surface area (Å²) in [6, 6.07) is 16.1. The predicted molar refractivity (Wildman–Crippen MR) is 163 cm³/mol. The topological polar surface area (TPSA) is 143 Å². The maximum absolute atomic E-state index is 13.2. The molecule has 2 fully saturated rings. The predicted octanol–water partition coefficient (Wildman–Crippen LogP) is 3.83. The van der Waals surface area contributed by atoms with E-state index in [-0.39, 0.29) is 29.3 Å². The molecule has 1 saturated heterocycles. The van der Waals surface area contributed by atoms with Crippen LogP contribution >= 0.6 is 11.6 Å². The third-order valence-corrected chi connectivity index (χ3v) is 8.74. The van der Waals surface area contributed by atoms with Crippen LogP contribution in [0, 0.1) is 11.8 Å². The second-order valence-electron chi connectivity index (χ2n) is 11.3. The molecule has 0 spiro atoms. The number of hydrogen-bond acceptors (Lipinski definition) is 7. The molecule has 1 amide bonds. The van der Waals surface area contributed by atoms with E-state index in [2.05, 4.69) is 15.5 Å². The average molecular weight is 626 g/mol. The van der Waals surface area contributed by atoms with Gasteiger partial charge in [0.05, 0.1) is 36.7 Å². The van der Waals surface area contributed by atoms with E-state index >= 15 is 0 Å². The molecule has 1 saturated carbocycles. The van der Waals surface area contributed by atoms with Gasteiger partial charge in [0.15, 0.2) is 5.21 Å². The summed E-state index contributed by atoms with van der Waals surface area (Å²) in [6.45, 7) is 2.43. The molecule has 1 aliphatic carbocycles. The van der Waals surface area contributed by atoms with Crippen molar-refractivity contribution in [2.24, 2.45) is 11.8 Å². The van der Waals surface area contributed by atoms with E-state index in [1.807, 2.05) is 46.2 Å². The van der Waals surface area contributed by atoms with E-state index in [0.29, 0.717) is 37.7 Å². The van der Waals surface area contributed by atoms with Crippen molar-refractivity contribution in [1.82, 2.24) is 35.2 Å². The molecule has 3 atom stereocenters. The zero-order valence-electron chi connectivity index (χ0n) is 24.2. The van der Waals surface area contributed by atoms with Gasteiger partial charge in [-0.3, -0.25) is 14.5 Å². The number of aromatic amines is 1. The number of nitrogens with one attached hydrogen (secondary N) is 1. The number of amides is 1. The van der Waals surface area contributed by atoms with Gasteiger partial charge >= 0.3 is 5.97 Å².